The van der Waals surface area contributed by atoms with E-state index in [9.17, 15) is 5.11 Å². The van der Waals surface area contributed by atoms with Crippen LogP contribution in [0.2, 0.25) is 13.3 Å². The molecule has 1 nitrogen and oxygen atoms in total. The van der Waals surface area contributed by atoms with E-state index in [2.05, 4.69) is 43.1 Å². The van der Waals surface area contributed by atoms with Gasteiger partial charge in [-0.2, -0.15) is 0 Å². The number of allylic oxidation sites excluding steroid dienone is 3. The Labute approximate surface area is 257 Å². The predicted octanol–water partition coefficient (Wildman–Crippen LogP) is 11.6. The molecule has 1 N–H and O–H groups in total. The third-order valence-corrected chi connectivity index (χ3v) is 24.1. The Morgan fingerprint density at radius 3 is 1.93 bits per heavy atom. The first-order chi connectivity index (χ1) is 19.8. The van der Waals surface area contributed by atoms with E-state index in [-0.39, 0.29) is 17.9 Å². The van der Waals surface area contributed by atoms with Gasteiger partial charge in [0.1, 0.15) is 0 Å². The summed E-state index contributed by atoms with van der Waals surface area (Å²) in [5.41, 5.74) is -1.98. The van der Waals surface area contributed by atoms with Gasteiger partial charge >= 0.3 is 222 Å². The minimum absolute atomic E-state index is 0.0112. The summed E-state index contributed by atoms with van der Waals surface area (Å²) in [5.74, 6) is 0.306. The molecule has 0 amide bonds. The molecular formula is C36H52F2OSSn. The number of unbranched alkanes of at least 4 members (excludes halogenated alkanes) is 3. The van der Waals surface area contributed by atoms with Gasteiger partial charge in [-0.25, -0.2) is 0 Å². The molecule has 0 spiro atoms. The van der Waals surface area contributed by atoms with Gasteiger partial charge in [0.25, 0.3) is 0 Å². The van der Waals surface area contributed by atoms with Crippen molar-refractivity contribution in [3.05, 3.63) is 88.5 Å². The quantitative estimate of drug-likeness (QED) is 0.0900. The van der Waals surface area contributed by atoms with Crippen LogP contribution in [0.5, 0.6) is 0 Å². The van der Waals surface area contributed by atoms with Crippen LogP contribution < -0.4 is 0 Å². The molecule has 0 aromatic heterocycles. The van der Waals surface area contributed by atoms with Crippen LogP contribution in [0, 0.1) is 11.8 Å². The number of hydrogen-bond acceptors (Lipinski definition) is 2. The second kappa shape index (κ2) is 17.3. The van der Waals surface area contributed by atoms with Crippen molar-refractivity contribution in [2.24, 2.45) is 11.8 Å². The van der Waals surface area contributed by atoms with Gasteiger partial charge in [-0.3, -0.25) is 0 Å². The van der Waals surface area contributed by atoms with Crippen molar-refractivity contribution in [3.8, 4) is 0 Å². The fourth-order valence-corrected chi connectivity index (χ4v) is 21.8. The molecule has 0 bridgehead atoms. The first-order valence-corrected chi connectivity index (χ1v) is 24.5. The maximum atomic E-state index is 15.9. The van der Waals surface area contributed by atoms with E-state index < -0.39 is 29.2 Å². The average Bonchev–Trinajstić information content (AvgIpc) is 3.43. The van der Waals surface area contributed by atoms with Crippen molar-refractivity contribution in [2.75, 3.05) is 0 Å². The summed E-state index contributed by atoms with van der Waals surface area (Å²) in [7, 11) is 0. The molecule has 226 valence electrons. The molecule has 2 aromatic rings. The van der Waals surface area contributed by atoms with E-state index in [4.69, 9.17) is 0 Å². The van der Waals surface area contributed by atoms with Gasteiger partial charge in [0.05, 0.1) is 0 Å². The maximum absolute atomic E-state index is 15.9. The number of aliphatic hydroxyl groups is 1. The minimum atomic E-state index is -3.38. The number of alkyl halides is 2. The fourth-order valence-electron chi connectivity index (χ4n) is 6.30. The molecule has 5 heteroatoms. The third-order valence-electron chi connectivity index (χ3n) is 8.80. The summed E-state index contributed by atoms with van der Waals surface area (Å²) in [6.45, 7) is 6.95. The van der Waals surface area contributed by atoms with Gasteiger partial charge in [-0.15, -0.1) is 0 Å². The Kier molecular flexibility index (Phi) is 14.5. The molecule has 1 unspecified atom stereocenters. The molecule has 0 saturated heterocycles. The van der Waals surface area contributed by atoms with Crippen LogP contribution in [-0.2, 0) is 5.60 Å². The summed E-state index contributed by atoms with van der Waals surface area (Å²) in [5, 5.41) is 8.35. The SMILES string of the molecule is CCC[CH2][Sn]([CH]=CCC[C@@H]1C=C[C@@H](CC(O)(c2ccccc2)C(F)(F)Sc2ccccc2)C1)([CH2]CCC)[CH2]CCC. The van der Waals surface area contributed by atoms with Gasteiger partial charge in [-0.1, -0.05) is 24.3 Å². The molecule has 0 fully saturated rings. The Balaban J connectivity index is 1.65. The summed E-state index contributed by atoms with van der Waals surface area (Å²) >= 11 is -1.81. The Hall–Kier alpha value is -1.11. The van der Waals surface area contributed by atoms with Gasteiger partial charge in [-0.05, 0) is 12.1 Å². The second-order valence-electron chi connectivity index (χ2n) is 12.2. The molecule has 3 atom stereocenters. The van der Waals surface area contributed by atoms with Gasteiger partial charge in [0.15, 0.2) is 0 Å². The van der Waals surface area contributed by atoms with Gasteiger partial charge in [0.2, 0.25) is 0 Å². The average molecular weight is 690 g/mol. The van der Waals surface area contributed by atoms with Crippen LogP contribution in [0.15, 0.2) is 87.9 Å². The molecule has 41 heavy (non-hydrogen) atoms. The number of thioether (sulfide) groups is 1. The molecular weight excluding hydrogens is 637 g/mol. The zero-order valence-electron chi connectivity index (χ0n) is 25.5. The topological polar surface area (TPSA) is 20.2 Å². The Morgan fingerprint density at radius 2 is 1.37 bits per heavy atom. The monoisotopic (exact) mass is 690 g/mol. The van der Waals surface area contributed by atoms with Crippen molar-refractivity contribution in [1.82, 2.24) is 0 Å². The van der Waals surface area contributed by atoms with Crippen molar-refractivity contribution < 1.29 is 13.9 Å². The summed E-state index contributed by atoms with van der Waals surface area (Å²) in [4.78, 5) is 0.455. The van der Waals surface area contributed by atoms with Crippen LogP contribution >= 0.6 is 11.8 Å². The van der Waals surface area contributed by atoms with Crippen molar-refractivity contribution in [3.63, 3.8) is 0 Å². The molecule has 0 aliphatic heterocycles. The van der Waals surface area contributed by atoms with E-state index in [1.807, 2.05) is 6.07 Å². The third kappa shape index (κ3) is 10.2. The zero-order chi connectivity index (χ0) is 29.6. The summed E-state index contributed by atoms with van der Waals surface area (Å²) < 4.78 is 39.0. The Morgan fingerprint density at radius 1 is 0.829 bits per heavy atom. The fraction of sp³-hybridized carbons (Fsp3) is 0.556. The molecule has 2 aromatic carbocycles. The standard InChI is InChI=1S/C24H25F2OS.3C4H9.Sn/c1-2-3-10-19-15-16-20(17-19)18-23(27,21-11-6-4-7-12-21)24(25,26)28-22-13-8-5-9-14-22;3*1-3-4-2;/h1-2,4-9,11-16,19-20,27H,3,10,17-18H2;3*1,3-4H2,2H3;/t19-,20-,23?;;;;/m1..../s1. The molecule has 3 rings (SSSR count). The molecule has 0 radical (unpaired) electrons. The van der Waals surface area contributed by atoms with Crippen molar-refractivity contribution in [2.45, 2.75) is 114 Å². The number of halogens is 2. The number of rotatable bonds is 19. The van der Waals surface area contributed by atoms with E-state index in [1.54, 1.807) is 54.6 Å². The van der Waals surface area contributed by atoms with Crippen LogP contribution in [0.25, 0.3) is 0 Å². The van der Waals surface area contributed by atoms with Crippen LogP contribution in [0.3, 0.4) is 0 Å². The normalized spacial score (nSPS) is 19.2. The van der Waals surface area contributed by atoms with Crippen molar-refractivity contribution >= 4 is 30.1 Å². The van der Waals surface area contributed by atoms with Crippen molar-refractivity contribution in [1.29, 1.82) is 0 Å². The molecule has 0 heterocycles. The molecule has 1 aliphatic carbocycles. The van der Waals surface area contributed by atoms with Crippen LogP contribution in [0.1, 0.15) is 90.5 Å². The predicted molar refractivity (Wildman–Crippen MR) is 176 cm³/mol. The second-order valence-corrected chi connectivity index (χ2v) is 26.4. The summed E-state index contributed by atoms with van der Waals surface area (Å²) in [6.07, 6.45) is 17.7. The van der Waals surface area contributed by atoms with E-state index in [0.29, 0.717) is 22.6 Å². The first-order valence-electron chi connectivity index (χ1n) is 16.0. The Bertz CT molecular complexity index is 1040. The molecule has 1 aliphatic rings. The molecule has 0 saturated carbocycles. The van der Waals surface area contributed by atoms with Crippen LogP contribution in [-0.4, -0.2) is 28.7 Å². The van der Waals surface area contributed by atoms with E-state index in [0.717, 1.165) is 19.3 Å². The first kappa shape index (κ1) is 34.4. The number of hydrogen-bond donors (Lipinski definition) is 1. The van der Waals surface area contributed by atoms with Gasteiger partial charge < -0.3 is 0 Å². The van der Waals surface area contributed by atoms with E-state index in [1.165, 1.54) is 51.8 Å². The summed E-state index contributed by atoms with van der Waals surface area (Å²) in [6, 6.07) is 17.2. The van der Waals surface area contributed by atoms with Crippen LogP contribution in [0.4, 0.5) is 8.78 Å². The van der Waals surface area contributed by atoms with Gasteiger partial charge in [0, 0.05) is 0 Å². The van der Waals surface area contributed by atoms with E-state index >= 15 is 8.78 Å². The zero-order valence-corrected chi connectivity index (χ0v) is 29.2. The number of benzene rings is 2.